The number of amides is 2. The van der Waals surface area contributed by atoms with E-state index in [-0.39, 0.29) is 17.6 Å². The normalized spacial score (nSPS) is 11.6. The number of nitrogens with zero attached hydrogens (tertiary/aromatic N) is 1. The Morgan fingerprint density at radius 3 is 2.35 bits per heavy atom. The molecule has 3 aromatic carbocycles. The van der Waals surface area contributed by atoms with E-state index in [0.717, 1.165) is 21.2 Å². The summed E-state index contributed by atoms with van der Waals surface area (Å²) in [6.07, 6.45) is 0.453. The second-order valence-electron chi connectivity index (χ2n) is 7.87. The van der Waals surface area contributed by atoms with Crippen LogP contribution < -0.4 is 5.32 Å². The van der Waals surface area contributed by atoms with Gasteiger partial charge in [-0.25, -0.2) is 0 Å². The minimum Gasteiger partial charge on any atom is -0.355 e. The van der Waals surface area contributed by atoms with Crippen LogP contribution in [0.2, 0.25) is 5.02 Å². The summed E-state index contributed by atoms with van der Waals surface area (Å²) in [5.74, 6) is 0.767. The first-order valence-corrected chi connectivity index (χ1v) is 13.5. The molecule has 0 saturated carbocycles. The highest BCUT2D eigenvalue weighted by atomic mass is 79.9. The molecule has 0 fully saturated rings. The molecule has 0 aliphatic carbocycles. The first-order valence-electron chi connectivity index (χ1n) is 11.1. The summed E-state index contributed by atoms with van der Waals surface area (Å²) in [5, 5.41) is 3.61. The topological polar surface area (TPSA) is 49.4 Å². The fourth-order valence-electron chi connectivity index (χ4n) is 3.60. The van der Waals surface area contributed by atoms with Crippen LogP contribution in [-0.4, -0.2) is 35.1 Å². The van der Waals surface area contributed by atoms with Crippen molar-refractivity contribution in [3.05, 3.63) is 105 Å². The SMILES string of the molecule is CCNC(=O)[C@@H](Cc1ccccc1)N(Cc1cccc(Br)c1)C(=O)CSCc1ccc(Cl)cc1. The highest BCUT2D eigenvalue weighted by Gasteiger charge is 2.30. The van der Waals surface area contributed by atoms with Crippen molar-refractivity contribution in [2.75, 3.05) is 12.3 Å². The molecule has 0 saturated heterocycles. The third-order valence-corrected chi connectivity index (χ3v) is 7.01. The van der Waals surface area contributed by atoms with Crippen molar-refractivity contribution in [2.24, 2.45) is 0 Å². The summed E-state index contributed by atoms with van der Waals surface area (Å²) in [4.78, 5) is 28.4. The van der Waals surface area contributed by atoms with Crippen LogP contribution in [0.3, 0.4) is 0 Å². The van der Waals surface area contributed by atoms with E-state index < -0.39 is 6.04 Å². The Labute approximate surface area is 219 Å². The minimum absolute atomic E-state index is 0.0638. The fourth-order valence-corrected chi connectivity index (χ4v) is 5.04. The number of nitrogens with one attached hydrogen (secondary N) is 1. The number of carbonyl (C=O) groups excluding carboxylic acids is 2. The number of likely N-dealkylation sites (N-methyl/N-ethyl adjacent to an activating group) is 1. The van der Waals surface area contributed by atoms with E-state index in [4.69, 9.17) is 11.6 Å². The molecule has 0 aliphatic rings. The Balaban J connectivity index is 1.81. The molecule has 0 unspecified atom stereocenters. The lowest BCUT2D eigenvalue weighted by Gasteiger charge is -2.31. The van der Waals surface area contributed by atoms with Gasteiger partial charge < -0.3 is 10.2 Å². The molecule has 1 atom stereocenters. The Morgan fingerprint density at radius 2 is 1.68 bits per heavy atom. The van der Waals surface area contributed by atoms with Crippen molar-refractivity contribution in [1.82, 2.24) is 10.2 Å². The Morgan fingerprint density at radius 1 is 0.971 bits per heavy atom. The van der Waals surface area contributed by atoms with Gasteiger partial charge in [-0.3, -0.25) is 9.59 Å². The Bertz CT molecular complexity index is 1080. The second kappa shape index (κ2) is 13.6. The molecule has 3 rings (SSSR count). The highest BCUT2D eigenvalue weighted by Crippen LogP contribution is 2.21. The van der Waals surface area contributed by atoms with Crippen LogP contribution in [0.4, 0.5) is 0 Å². The van der Waals surface area contributed by atoms with Crippen LogP contribution in [0.15, 0.2) is 83.3 Å². The van der Waals surface area contributed by atoms with Gasteiger partial charge in [0, 0.05) is 34.8 Å². The van der Waals surface area contributed by atoms with Crippen LogP contribution in [0.5, 0.6) is 0 Å². The van der Waals surface area contributed by atoms with Gasteiger partial charge in [-0.1, -0.05) is 82.1 Å². The lowest BCUT2D eigenvalue weighted by molar-refractivity contribution is -0.139. The van der Waals surface area contributed by atoms with Crippen LogP contribution in [0.1, 0.15) is 23.6 Å². The van der Waals surface area contributed by atoms with Gasteiger partial charge in [0.2, 0.25) is 11.8 Å². The van der Waals surface area contributed by atoms with Crippen LogP contribution in [0.25, 0.3) is 0 Å². The Kier molecular flexibility index (Phi) is 10.5. The molecule has 0 aliphatic heterocycles. The molecule has 1 N–H and O–H groups in total. The predicted molar refractivity (Wildman–Crippen MR) is 145 cm³/mol. The Hall–Kier alpha value is -2.28. The van der Waals surface area contributed by atoms with Crippen LogP contribution >= 0.6 is 39.3 Å². The van der Waals surface area contributed by atoms with E-state index in [1.807, 2.05) is 85.8 Å². The van der Waals surface area contributed by atoms with Gasteiger partial charge in [0.05, 0.1) is 5.75 Å². The minimum atomic E-state index is -0.607. The number of rotatable bonds is 11. The first-order chi connectivity index (χ1) is 16.5. The molecule has 0 spiro atoms. The van der Waals surface area contributed by atoms with Gasteiger partial charge >= 0.3 is 0 Å². The molecule has 4 nitrogen and oxygen atoms in total. The molecule has 7 heteroatoms. The number of carbonyl (C=O) groups is 2. The molecule has 0 bridgehead atoms. The smallest absolute Gasteiger partial charge is 0.243 e. The molecule has 34 heavy (non-hydrogen) atoms. The molecule has 0 heterocycles. The van der Waals surface area contributed by atoms with Gasteiger partial charge in [0.15, 0.2) is 0 Å². The summed E-state index contributed by atoms with van der Waals surface area (Å²) < 4.78 is 0.937. The molecular formula is C27H28BrClN2O2S. The number of hydrogen-bond acceptors (Lipinski definition) is 3. The maximum Gasteiger partial charge on any atom is 0.243 e. The fraction of sp³-hybridized carbons (Fsp3) is 0.259. The molecule has 0 aromatic heterocycles. The monoisotopic (exact) mass is 558 g/mol. The summed E-state index contributed by atoms with van der Waals surface area (Å²) in [6, 6.07) is 24.7. The van der Waals surface area contributed by atoms with Crippen molar-refractivity contribution < 1.29 is 9.59 Å². The van der Waals surface area contributed by atoms with Crippen molar-refractivity contribution in [1.29, 1.82) is 0 Å². The van der Waals surface area contributed by atoms with E-state index in [0.29, 0.717) is 30.3 Å². The predicted octanol–water partition coefficient (Wildman–Crippen LogP) is 6.11. The lowest BCUT2D eigenvalue weighted by Crippen LogP contribution is -2.51. The van der Waals surface area contributed by atoms with Crippen molar-refractivity contribution >= 4 is 51.1 Å². The number of thioether (sulfide) groups is 1. The quantitative estimate of drug-likeness (QED) is 0.308. The van der Waals surface area contributed by atoms with Crippen LogP contribution in [-0.2, 0) is 28.3 Å². The van der Waals surface area contributed by atoms with Gasteiger partial charge in [-0.15, -0.1) is 11.8 Å². The van der Waals surface area contributed by atoms with E-state index >= 15 is 0 Å². The second-order valence-corrected chi connectivity index (χ2v) is 10.2. The number of halogens is 2. The van der Waals surface area contributed by atoms with Crippen molar-refractivity contribution in [3.63, 3.8) is 0 Å². The molecule has 2 amide bonds. The zero-order valence-electron chi connectivity index (χ0n) is 19.0. The third kappa shape index (κ3) is 8.19. The summed E-state index contributed by atoms with van der Waals surface area (Å²) in [7, 11) is 0. The maximum atomic E-state index is 13.5. The van der Waals surface area contributed by atoms with E-state index in [2.05, 4.69) is 21.2 Å². The van der Waals surface area contributed by atoms with E-state index in [9.17, 15) is 9.59 Å². The molecule has 178 valence electrons. The van der Waals surface area contributed by atoms with E-state index in [1.165, 1.54) is 11.8 Å². The molecule has 0 radical (unpaired) electrons. The summed E-state index contributed by atoms with van der Waals surface area (Å²) >= 11 is 11.0. The average Bonchev–Trinajstić information content (AvgIpc) is 2.83. The van der Waals surface area contributed by atoms with Crippen LogP contribution in [0, 0.1) is 0 Å². The lowest BCUT2D eigenvalue weighted by atomic mass is 10.0. The van der Waals surface area contributed by atoms with Gasteiger partial charge in [-0.05, 0) is 47.9 Å². The van der Waals surface area contributed by atoms with Gasteiger partial charge in [0.1, 0.15) is 6.04 Å². The van der Waals surface area contributed by atoms with E-state index in [1.54, 1.807) is 4.90 Å². The largest absolute Gasteiger partial charge is 0.355 e. The molecular weight excluding hydrogens is 532 g/mol. The number of hydrogen-bond donors (Lipinski definition) is 1. The third-order valence-electron chi connectivity index (χ3n) is 5.27. The van der Waals surface area contributed by atoms with Crippen molar-refractivity contribution in [3.8, 4) is 0 Å². The highest BCUT2D eigenvalue weighted by molar-refractivity contribution is 9.10. The summed E-state index contributed by atoms with van der Waals surface area (Å²) in [6.45, 7) is 2.75. The van der Waals surface area contributed by atoms with Gasteiger partial charge in [-0.2, -0.15) is 0 Å². The van der Waals surface area contributed by atoms with Crippen molar-refractivity contribution in [2.45, 2.75) is 31.7 Å². The summed E-state index contributed by atoms with van der Waals surface area (Å²) in [5.41, 5.74) is 3.08. The van der Waals surface area contributed by atoms with Gasteiger partial charge in [0.25, 0.3) is 0 Å². The maximum absolute atomic E-state index is 13.5. The number of benzene rings is 3. The molecule has 3 aromatic rings. The zero-order valence-corrected chi connectivity index (χ0v) is 22.2. The average molecular weight is 560 g/mol. The first kappa shape index (κ1) is 26.3. The zero-order chi connectivity index (χ0) is 24.3. The standard InChI is InChI=1S/C27H28BrClN2O2S/c1-2-30-27(33)25(16-20-7-4-3-5-8-20)31(17-22-9-6-10-23(28)15-22)26(32)19-34-18-21-11-13-24(29)14-12-21/h3-15,25H,2,16-19H2,1H3,(H,30,33)/t25-/m1/s1.